The number of hydrazone groups is 1. The maximum atomic E-state index is 11.1. The van der Waals surface area contributed by atoms with Crippen LogP contribution in [0.25, 0.3) is 10.8 Å². The van der Waals surface area contributed by atoms with Crippen molar-refractivity contribution >= 4 is 39.5 Å². The molecule has 7 heteroatoms. The van der Waals surface area contributed by atoms with Crippen LogP contribution < -0.4 is 14.8 Å². The molecular weight excluding hydrogens is 458 g/mol. The number of ether oxygens (including phenoxy) is 2. The average molecular weight is 484 g/mol. The lowest BCUT2D eigenvalue weighted by molar-refractivity contribution is 0.371. The molecule has 0 saturated carbocycles. The zero-order chi connectivity index (χ0) is 24.4. The van der Waals surface area contributed by atoms with Crippen molar-refractivity contribution < 1.29 is 14.6 Å². The van der Waals surface area contributed by atoms with Crippen LogP contribution in [0.4, 0.5) is 5.69 Å². The molecule has 1 heterocycles. The third kappa shape index (κ3) is 4.38. The number of para-hydroxylation sites is 2. The Bertz CT molecular complexity index is 1440. The Morgan fingerprint density at radius 2 is 1.77 bits per heavy atom. The summed E-state index contributed by atoms with van der Waals surface area (Å²) in [6, 6.07) is 27.0. The molecule has 0 spiro atoms. The van der Waals surface area contributed by atoms with E-state index in [1.807, 2.05) is 84.9 Å². The second-order valence-electron chi connectivity index (χ2n) is 8.20. The van der Waals surface area contributed by atoms with Crippen LogP contribution in [-0.2, 0) is 0 Å². The number of hydrogen-bond acceptors (Lipinski definition) is 5. The predicted octanol–water partition coefficient (Wildman–Crippen LogP) is 6.11. The number of nitrogens with zero attached hydrogens (tertiary/aromatic N) is 2. The van der Waals surface area contributed by atoms with E-state index in [0.29, 0.717) is 22.8 Å². The molecule has 0 aromatic heterocycles. The van der Waals surface area contributed by atoms with Crippen LogP contribution in [0.2, 0.25) is 0 Å². The van der Waals surface area contributed by atoms with Crippen LogP contribution in [0.5, 0.6) is 17.2 Å². The van der Waals surface area contributed by atoms with Crippen LogP contribution >= 0.6 is 12.2 Å². The molecule has 0 saturated heterocycles. The minimum absolute atomic E-state index is 0.180. The lowest BCUT2D eigenvalue weighted by Crippen LogP contribution is -2.31. The first kappa shape index (κ1) is 22.7. The fourth-order valence-corrected chi connectivity index (χ4v) is 4.66. The topological polar surface area (TPSA) is 66.3 Å². The van der Waals surface area contributed by atoms with Crippen LogP contribution in [0.3, 0.4) is 0 Å². The molecular formula is C28H25N3O3S. The van der Waals surface area contributed by atoms with Gasteiger partial charge in [-0.1, -0.05) is 54.6 Å². The lowest BCUT2D eigenvalue weighted by atomic mass is 9.96. The van der Waals surface area contributed by atoms with Crippen molar-refractivity contribution in [1.29, 1.82) is 0 Å². The smallest absolute Gasteiger partial charge is 0.194 e. The molecule has 1 aliphatic rings. The molecule has 1 aliphatic heterocycles. The molecule has 4 aromatic rings. The Labute approximate surface area is 209 Å². The zero-order valence-corrected chi connectivity index (χ0v) is 20.3. The van der Waals surface area contributed by atoms with Gasteiger partial charge >= 0.3 is 0 Å². The number of rotatable bonds is 5. The first-order valence-electron chi connectivity index (χ1n) is 11.2. The van der Waals surface area contributed by atoms with Gasteiger partial charge in [-0.2, -0.15) is 5.10 Å². The molecule has 35 heavy (non-hydrogen) atoms. The maximum Gasteiger partial charge on any atom is 0.194 e. The van der Waals surface area contributed by atoms with Gasteiger partial charge < -0.3 is 19.9 Å². The molecule has 1 atom stereocenters. The zero-order valence-electron chi connectivity index (χ0n) is 19.4. The standard InChI is InChI=1S/C28H25N3O3S/c1-33-20-10-7-9-19(16-20)25-17-24(22-15-14-18-8-3-4-11-21(18)27(22)32)30-31(25)28(35)29-23-12-5-6-13-26(23)34-2/h3-16,25,32H,17H2,1-2H3,(H,29,35). The number of anilines is 1. The second-order valence-corrected chi connectivity index (χ2v) is 8.59. The summed E-state index contributed by atoms with van der Waals surface area (Å²) in [5.41, 5.74) is 3.21. The number of hydrogen-bond donors (Lipinski definition) is 2. The van der Waals surface area contributed by atoms with Crippen LogP contribution in [-0.4, -0.2) is 35.2 Å². The van der Waals surface area contributed by atoms with Crippen LogP contribution in [0.15, 0.2) is 90.0 Å². The Kier molecular flexibility index (Phi) is 6.25. The summed E-state index contributed by atoms with van der Waals surface area (Å²) >= 11 is 5.81. The van der Waals surface area contributed by atoms with Crippen molar-refractivity contribution in [3.63, 3.8) is 0 Å². The van der Waals surface area contributed by atoms with Gasteiger partial charge in [0.1, 0.15) is 17.2 Å². The van der Waals surface area contributed by atoms with E-state index in [2.05, 4.69) is 5.32 Å². The number of fused-ring (bicyclic) bond motifs is 1. The number of phenolic OH excluding ortho intramolecular Hbond substituents is 1. The van der Waals surface area contributed by atoms with Gasteiger partial charge in [-0.05, 0) is 53.5 Å². The lowest BCUT2D eigenvalue weighted by Gasteiger charge is -2.25. The van der Waals surface area contributed by atoms with E-state index in [0.717, 1.165) is 33.5 Å². The molecule has 5 rings (SSSR count). The quantitative estimate of drug-likeness (QED) is 0.334. The first-order valence-corrected chi connectivity index (χ1v) is 11.7. The van der Waals surface area contributed by atoms with Crippen molar-refractivity contribution in [2.45, 2.75) is 12.5 Å². The molecule has 0 amide bonds. The molecule has 176 valence electrons. The van der Waals surface area contributed by atoms with E-state index in [1.165, 1.54) is 0 Å². The van der Waals surface area contributed by atoms with Crippen LogP contribution in [0, 0.1) is 0 Å². The number of thiocarbonyl (C=S) groups is 1. The number of nitrogens with one attached hydrogen (secondary N) is 1. The van der Waals surface area contributed by atoms with Gasteiger partial charge in [0.05, 0.1) is 31.7 Å². The maximum absolute atomic E-state index is 11.1. The Balaban J connectivity index is 1.55. The van der Waals surface area contributed by atoms with Crippen molar-refractivity contribution in [3.05, 3.63) is 96.1 Å². The predicted molar refractivity (Wildman–Crippen MR) is 144 cm³/mol. The number of phenols is 1. The highest BCUT2D eigenvalue weighted by atomic mass is 32.1. The summed E-state index contributed by atoms with van der Waals surface area (Å²) in [4.78, 5) is 0. The molecule has 0 aliphatic carbocycles. The number of benzene rings is 4. The monoisotopic (exact) mass is 483 g/mol. The molecule has 6 nitrogen and oxygen atoms in total. The molecule has 0 bridgehead atoms. The van der Waals surface area contributed by atoms with E-state index in [1.54, 1.807) is 19.2 Å². The minimum Gasteiger partial charge on any atom is -0.507 e. The third-order valence-electron chi connectivity index (χ3n) is 6.16. The fraction of sp³-hybridized carbons (Fsp3) is 0.143. The molecule has 2 N–H and O–H groups in total. The van der Waals surface area contributed by atoms with Gasteiger partial charge in [0, 0.05) is 17.4 Å². The highest BCUT2D eigenvalue weighted by Gasteiger charge is 2.33. The van der Waals surface area contributed by atoms with Gasteiger partial charge in [0.2, 0.25) is 0 Å². The summed E-state index contributed by atoms with van der Waals surface area (Å²) in [6.07, 6.45) is 0.562. The Hall–Kier alpha value is -4.10. The largest absolute Gasteiger partial charge is 0.507 e. The SMILES string of the molecule is COc1cccc(C2CC(c3ccc4ccccc4c3O)=NN2C(=S)Nc2ccccc2OC)c1. The third-order valence-corrected chi connectivity index (χ3v) is 6.45. The second kappa shape index (κ2) is 9.64. The summed E-state index contributed by atoms with van der Waals surface area (Å²) in [5, 5.41) is 23.3. The van der Waals surface area contributed by atoms with Gasteiger partial charge in [-0.3, -0.25) is 0 Å². The van der Waals surface area contributed by atoms with E-state index in [9.17, 15) is 5.11 Å². The number of aromatic hydroxyl groups is 1. The van der Waals surface area contributed by atoms with E-state index < -0.39 is 0 Å². The summed E-state index contributed by atoms with van der Waals surface area (Å²) < 4.78 is 10.9. The van der Waals surface area contributed by atoms with Gasteiger partial charge in [-0.15, -0.1) is 0 Å². The van der Waals surface area contributed by atoms with Crippen molar-refractivity contribution in [2.24, 2.45) is 5.10 Å². The molecule has 4 aromatic carbocycles. The summed E-state index contributed by atoms with van der Waals surface area (Å²) in [6.45, 7) is 0. The Morgan fingerprint density at radius 1 is 0.971 bits per heavy atom. The first-order chi connectivity index (χ1) is 17.1. The van der Waals surface area contributed by atoms with Gasteiger partial charge in [0.15, 0.2) is 5.11 Å². The summed E-state index contributed by atoms with van der Waals surface area (Å²) in [7, 11) is 3.27. The Morgan fingerprint density at radius 3 is 2.60 bits per heavy atom. The van der Waals surface area contributed by atoms with Gasteiger partial charge in [0.25, 0.3) is 0 Å². The van der Waals surface area contributed by atoms with E-state index >= 15 is 0 Å². The minimum atomic E-state index is -0.180. The highest BCUT2D eigenvalue weighted by molar-refractivity contribution is 7.80. The molecule has 0 radical (unpaired) electrons. The number of methoxy groups -OCH3 is 2. The van der Waals surface area contributed by atoms with Crippen LogP contribution in [0.1, 0.15) is 23.6 Å². The van der Waals surface area contributed by atoms with Crippen molar-refractivity contribution in [1.82, 2.24) is 5.01 Å². The normalized spacial score (nSPS) is 15.1. The summed E-state index contributed by atoms with van der Waals surface area (Å²) in [5.74, 6) is 1.66. The van der Waals surface area contributed by atoms with E-state index in [4.69, 9.17) is 26.8 Å². The fourth-order valence-electron chi connectivity index (χ4n) is 4.38. The van der Waals surface area contributed by atoms with Gasteiger partial charge in [-0.25, -0.2) is 5.01 Å². The molecule has 0 fully saturated rings. The van der Waals surface area contributed by atoms with Crippen molar-refractivity contribution in [3.8, 4) is 17.2 Å². The van der Waals surface area contributed by atoms with E-state index in [-0.39, 0.29) is 11.8 Å². The molecule has 1 unspecified atom stereocenters. The highest BCUT2D eigenvalue weighted by Crippen LogP contribution is 2.38. The van der Waals surface area contributed by atoms with Crippen molar-refractivity contribution in [2.75, 3.05) is 19.5 Å². The average Bonchev–Trinajstić information content (AvgIpc) is 3.35.